The molecule has 0 saturated carbocycles. The number of anilines is 2. The smallest absolute Gasteiger partial charge is 0.257 e. The number of amides is 1. The summed E-state index contributed by atoms with van der Waals surface area (Å²) in [7, 11) is 0. The summed E-state index contributed by atoms with van der Waals surface area (Å²) in [5, 5.41) is 3.97. The number of hydrogen-bond acceptors (Lipinski definition) is 6. The molecule has 1 amide bonds. The first-order chi connectivity index (χ1) is 13.7. The number of nitrogens with one attached hydrogen (secondary N) is 1. The molecular weight excluding hydrogens is 388 g/mol. The minimum atomic E-state index is -0.0899. The van der Waals surface area contributed by atoms with Crippen LogP contribution < -0.4 is 10.2 Å². The second-order valence-electron chi connectivity index (χ2n) is 7.00. The zero-order valence-corrected chi connectivity index (χ0v) is 17.8. The van der Waals surface area contributed by atoms with Gasteiger partial charge in [-0.15, -0.1) is 23.1 Å². The van der Waals surface area contributed by atoms with Crippen LogP contribution in [0.3, 0.4) is 0 Å². The molecule has 0 bridgehead atoms. The quantitative estimate of drug-likeness (QED) is 0.585. The molecule has 1 saturated heterocycles. The molecule has 2 aromatic heterocycles. The number of carbonyl (C=O) groups is 1. The van der Waals surface area contributed by atoms with Crippen LogP contribution in [-0.2, 0) is 0 Å². The molecule has 5 nitrogen and oxygen atoms in total. The molecule has 1 N–H and O–H groups in total. The molecule has 28 heavy (non-hydrogen) atoms. The Morgan fingerprint density at radius 3 is 2.71 bits per heavy atom. The molecule has 0 spiro atoms. The monoisotopic (exact) mass is 412 g/mol. The van der Waals surface area contributed by atoms with Gasteiger partial charge in [-0.2, -0.15) is 0 Å². The lowest BCUT2D eigenvalue weighted by molar-refractivity contribution is 0.102. The van der Waals surface area contributed by atoms with Crippen molar-refractivity contribution in [3.63, 3.8) is 0 Å². The van der Waals surface area contributed by atoms with Gasteiger partial charge in [0.2, 0.25) is 0 Å². The summed E-state index contributed by atoms with van der Waals surface area (Å²) in [5.74, 6) is 0.812. The fourth-order valence-corrected chi connectivity index (χ4v) is 5.16. The highest BCUT2D eigenvalue weighted by Crippen LogP contribution is 2.36. The van der Waals surface area contributed by atoms with Crippen LogP contribution in [0, 0.1) is 6.92 Å². The molecule has 7 heteroatoms. The molecular formula is C21H24N4OS2. The van der Waals surface area contributed by atoms with E-state index in [4.69, 9.17) is 0 Å². The standard InChI is InChI=1S/C21H24N4OS2/c1-14-17(20(26)24-15-8-7-9-16(12-15)27-2)18-19(22-13-23-21(18)28-14)25-10-5-3-4-6-11-25/h7-9,12-13H,3-6,10-11H2,1-2H3,(H,24,26). The van der Waals surface area contributed by atoms with Crippen molar-refractivity contribution in [3.8, 4) is 0 Å². The average molecular weight is 413 g/mol. The van der Waals surface area contributed by atoms with Gasteiger partial charge in [0.15, 0.2) is 0 Å². The van der Waals surface area contributed by atoms with Gasteiger partial charge >= 0.3 is 0 Å². The summed E-state index contributed by atoms with van der Waals surface area (Å²) >= 11 is 3.23. The van der Waals surface area contributed by atoms with E-state index in [9.17, 15) is 4.79 Å². The number of aromatic nitrogens is 2. The Morgan fingerprint density at radius 1 is 1.18 bits per heavy atom. The molecule has 0 aliphatic carbocycles. The van der Waals surface area contributed by atoms with Crippen LogP contribution in [0.4, 0.5) is 11.5 Å². The Balaban J connectivity index is 1.73. The maximum atomic E-state index is 13.2. The van der Waals surface area contributed by atoms with E-state index in [1.807, 2.05) is 37.4 Å². The van der Waals surface area contributed by atoms with Gasteiger partial charge in [0.25, 0.3) is 5.91 Å². The van der Waals surface area contributed by atoms with Crippen LogP contribution in [0.2, 0.25) is 0 Å². The molecule has 0 atom stereocenters. The topological polar surface area (TPSA) is 58.1 Å². The summed E-state index contributed by atoms with van der Waals surface area (Å²) in [5.41, 5.74) is 1.51. The Labute approximate surface area is 173 Å². The molecule has 3 heterocycles. The molecule has 4 rings (SSSR count). The Kier molecular flexibility index (Phi) is 5.82. The molecule has 1 fully saturated rings. The highest BCUT2D eigenvalue weighted by atomic mass is 32.2. The summed E-state index contributed by atoms with van der Waals surface area (Å²) < 4.78 is 0. The predicted octanol–water partition coefficient (Wildman–Crippen LogP) is 5.35. The predicted molar refractivity (Wildman–Crippen MR) is 119 cm³/mol. The molecule has 0 unspecified atom stereocenters. The SMILES string of the molecule is CSc1cccc(NC(=O)c2c(C)sc3ncnc(N4CCCCCC4)c23)c1. The van der Waals surface area contributed by atoms with Crippen LogP contribution in [0.25, 0.3) is 10.2 Å². The van der Waals surface area contributed by atoms with Crippen molar-refractivity contribution in [2.24, 2.45) is 0 Å². The number of fused-ring (bicyclic) bond motifs is 1. The summed E-state index contributed by atoms with van der Waals surface area (Å²) in [4.78, 5) is 27.6. The Hall–Kier alpha value is -2.12. The van der Waals surface area contributed by atoms with Crippen molar-refractivity contribution in [2.45, 2.75) is 37.5 Å². The van der Waals surface area contributed by atoms with Crippen LogP contribution in [-0.4, -0.2) is 35.2 Å². The van der Waals surface area contributed by atoms with Crippen LogP contribution in [0.1, 0.15) is 40.9 Å². The first kappa shape index (κ1) is 19.2. The third-order valence-corrected chi connectivity index (χ3v) is 6.84. The number of carbonyl (C=O) groups excluding carboxylic acids is 1. The normalized spacial score (nSPS) is 14.9. The largest absolute Gasteiger partial charge is 0.356 e. The van der Waals surface area contributed by atoms with E-state index < -0.39 is 0 Å². The Morgan fingerprint density at radius 2 is 1.96 bits per heavy atom. The van der Waals surface area contributed by atoms with Crippen LogP contribution >= 0.6 is 23.1 Å². The summed E-state index contributed by atoms with van der Waals surface area (Å²) in [6.07, 6.45) is 8.50. The van der Waals surface area contributed by atoms with E-state index in [1.165, 1.54) is 12.8 Å². The Bertz CT molecular complexity index is 993. The molecule has 3 aromatic rings. The maximum Gasteiger partial charge on any atom is 0.257 e. The van der Waals surface area contributed by atoms with Crippen molar-refractivity contribution < 1.29 is 4.79 Å². The van der Waals surface area contributed by atoms with Gasteiger partial charge in [0.1, 0.15) is 17.0 Å². The highest BCUT2D eigenvalue weighted by Gasteiger charge is 2.24. The molecule has 146 valence electrons. The third kappa shape index (κ3) is 3.86. The van der Waals surface area contributed by atoms with E-state index in [2.05, 4.69) is 20.2 Å². The number of benzene rings is 1. The minimum absolute atomic E-state index is 0.0899. The van der Waals surface area contributed by atoms with E-state index >= 15 is 0 Å². The zero-order valence-electron chi connectivity index (χ0n) is 16.2. The van der Waals surface area contributed by atoms with Crippen molar-refractivity contribution >= 4 is 50.7 Å². The maximum absolute atomic E-state index is 13.2. The van der Waals surface area contributed by atoms with Crippen molar-refractivity contribution in [2.75, 3.05) is 29.6 Å². The molecule has 1 aliphatic heterocycles. The number of aryl methyl sites for hydroxylation is 1. The van der Waals surface area contributed by atoms with Gasteiger partial charge in [-0.05, 0) is 44.2 Å². The molecule has 1 aromatic carbocycles. The number of rotatable bonds is 4. The minimum Gasteiger partial charge on any atom is -0.356 e. The van der Waals surface area contributed by atoms with Crippen LogP contribution in [0.15, 0.2) is 35.5 Å². The molecule has 1 aliphatic rings. The van der Waals surface area contributed by atoms with E-state index in [0.717, 1.165) is 57.4 Å². The average Bonchev–Trinajstić information content (AvgIpc) is 2.86. The van der Waals surface area contributed by atoms with Gasteiger partial charge in [0.05, 0.1) is 10.9 Å². The summed E-state index contributed by atoms with van der Waals surface area (Å²) in [6, 6.07) is 7.93. The zero-order chi connectivity index (χ0) is 19.5. The number of nitrogens with zero attached hydrogens (tertiary/aromatic N) is 3. The third-order valence-electron chi connectivity index (χ3n) is 5.10. The first-order valence-electron chi connectivity index (χ1n) is 9.62. The number of hydrogen-bond donors (Lipinski definition) is 1. The highest BCUT2D eigenvalue weighted by molar-refractivity contribution is 7.98. The van der Waals surface area contributed by atoms with Gasteiger partial charge in [-0.1, -0.05) is 18.9 Å². The van der Waals surface area contributed by atoms with Gasteiger partial charge in [0, 0.05) is 28.5 Å². The fraction of sp³-hybridized carbons (Fsp3) is 0.381. The van der Waals surface area contributed by atoms with Gasteiger partial charge in [-0.25, -0.2) is 9.97 Å². The van der Waals surface area contributed by atoms with E-state index in [-0.39, 0.29) is 5.91 Å². The van der Waals surface area contributed by atoms with E-state index in [0.29, 0.717) is 5.56 Å². The van der Waals surface area contributed by atoms with Crippen molar-refractivity contribution in [1.82, 2.24) is 9.97 Å². The molecule has 0 radical (unpaired) electrons. The van der Waals surface area contributed by atoms with Crippen molar-refractivity contribution in [3.05, 3.63) is 41.0 Å². The van der Waals surface area contributed by atoms with Gasteiger partial charge < -0.3 is 10.2 Å². The van der Waals surface area contributed by atoms with E-state index in [1.54, 1.807) is 29.4 Å². The van der Waals surface area contributed by atoms with Crippen LogP contribution in [0.5, 0.6) is 0 Å². The lowest BCUT2D eigenvalue weighted by atomic mass is 10.1. The summed E-state index contributed by atoms with van der Waals surface area (Å²) in [6.45, 7) is 3.96. The van der Waals surface area contributed by atoms with Crippen molar-refractivity contribution in [1.29, 1.82) is 0 Å². The van der Waals surface area contributed by atoms with Gasteiger partial charge in [-0.3, -0.25) is 4.79 Å². The number of thiophene rings is 1. The fourth-order valence-electron chi connectivity index (χ4n) is 3.72. The second-order valence-corrected chi connectivity index (χ2v) is 9.08. The number of thioether (sulfide) groups is 1. The first-order valence-corrected chi connectivity index (χ1v) is 11.7. The lowest BCUT2D eigenvalue weighted by Crippen LogP contribution is -2.25. The second kappa shape index (κ2) is 8.49. The lowest BCUT2D eigenvalue weighted by Gasteiger charge is -2.22.